The van der Waals surface area contributed by atoms with Crippen LogP contribution in [-0.2, 0) is 4.79 Å². The number of carbonyl (C=O) groups excluding carboxylic acids is 2. The molecule has 0 radical (unpaired) electrons. The minimum absolute atomic E-state index is 0.316. The maximum atomic E-state index is 12.3. The number of hydrogen-bond acceptors (Lipinski definition) is 3. The molecule has 0 aliphatic carbocycles. The van der Waals surface area contributed by atoms with Gasteiger partial charge in [0.2, 0.25) is 0 Å². The number of nitrogens with zero attached hydrogens (tertiary/aromatic N) is 1. The summed E-state index contributed by atoms with van der Waals surface area (Å²) >= 11 is 6.83. The first-order valence-corrected chi connectivity index (χ1v) is 7.01. The minimum atomic E-state index is -1.29. The predicted molar refractivity (Wildman–Crippen MR) is 76.0 cm³/mol. The topological polar surface area (TPSA) is 60.4 Å². The lowest BCUT2D eigenvalue weighted by Crippen LogP contribution is -2.39. The molecule has 2 aromatic carbocycles. The summed E-state index contributed by atoms with van der Waals surface area (Å²) in [7, 11) is 0. The highest BCUT2D eigenvalue weighted by molar-refractivity contribution is 9.11. The van der Waals surface area contributed by atoms with Gasteiger partial charge in [-0.15, -0.1) is 0 Å². The molecule has 6 heteroatoms. The van der Waals surface area contributed by atoms with Crippen LogP contribution in [0.15, 0.2) is 33.2 Å². The molecule has 0 spiro atoms. The van der Waals surface area contributed by atoms with E-state index in [9.17, 15) is 14.7 Å². The van der Waals surface area contributed by atoms with Gasteiger partial charge in [0.05, 0.1) is 18.2 Å². The Bertz CT molecular complexity index is 742. The molecule has 0 aromatic heterocycles. The highest BCUT2D eigenvalue weighted by atomic mass is 79.9. The highest BCUT2D eigenvalue weighted by Gasteiger charge is 2.32. The lowest BCUT2D eigenvalue weighted by Gasteiger charge is -2.19. The lowest BCUT2D eigenvalue weighted by molar-refractivity contribution is -0.303. The number of benzene rings is 2. The van der Waals surface area contributed by atoms with Crippen molar-refractivity contribution in [3.8, 4) is 0 Å². The van der Waals surface area contributed by atoms with E-state index in [1.54, 1.807) is 12.1 Å². The number of rotatable bonds is 2. The van der Waals surface area contributed by atoms with Gasteiger partial charge < -0.3 is 14.8 Å². The molecule has 0 fully saturated rings. The van der Waals surface area contributed by atoms with E-state index in [2.05, 4.69) is 31.9 Å². The summed E-state index contributed by atoms with van der Waals surface area (Å²) in [6, 6.07) is 7.17. The van der Waals surface area contributed by atoms with E-state index >= 15 is 0 Å². The van der Waals surface area contributed by atoms with Crippen molar-refractivity contribution >= 4 is 60.2 Å². The van der Waals surface area contributed by atoms with Crippen LogP contribution in [0.5, 0.6) is 0 Å². The van der Waals surface area contributed by atoms with Crippen LogP contribution in [-0.4, -0.2) is 18.4 Å². The van der Waals surface area contributed by atoms with Gasteiger partial charge in [0.15, 0.2) is 0 Å². The zero-order chi connectivity index (χ0) is 13.7. The molecule has 19 heavy (non-hydrogen) atoms. The van der Waals surface area contributed by atoms with Gasteiger partial charge >= 0.3 is 0 Å². The van der Waals surface area contributed by atoms with Crippen LogP contribution in [0.2, 0.25) is 0 Å². The van der Waals surface area contributed by atoms with Crippen molar-refractivity contribution in [3.63, 3.8) is 0 Å². The highest BCUT2D eigenvalue weighted by Crippen LogP contribution is 2.45. The van der Waals surface area contributed by atoms with Crippen molar-refractivity contribution in [3.05, 3.63) is 38.8 Å². The van der Waals surface area contributed by atoms with E-state index in [4.69, 9.17) is 0 Å². The first kappa shape index (κ1) is 12.6. The van der Waals surface area contributed by atoms with Crippen molar-refractivity contribution in [1.82, 2.24) is 0 Å². The Morgan fingerprint density at radius 1 is 1.26 bits per heavy atom. The van der Waals surface area contributed by atoms with E-state index in [1.165, 1.54) is 4.90 Å². The molecular weight excluding hydrogens is 378 g/mol. The zero-order valence-electron chi connectivity index (χ0n) is 9.44. The SMILES string of the molecule is O=C([O-])CN1C(=O)c2cccc3c(Br)cc(Br)c1c23. The van der Waals surface area contributed by atoms with Crippen LogP contribution in [0.3, 0.4) is 0 Å². The van der Waals surface area contributed by atoms with Gasteiger partial charge in [-0.1, -0.05) is 28.1 Å². The second-order valence-corrected chi connectivity index (χ2v) is 5.89. The summed E-state index contributed by atoms with van der Waals surface area (Å²) < 4.78 is 1.52. The van der Waals surface area contributed by atoms with Crippen LogP contribution in [0.4, 0.5) is 5.69 Å². The largest absolute Gasteiger partial charge is 0.548 e. The molecule has 0 unspecified atom stereocenters. The molecule has 1 aliphatic rings. The monoisotopic (exact) mass is 382 g/mol. The molecular formula is C13H6Br2NO3-. The number of anilines is 1. The normalized spacial score (nSPS) is 13.4. The fourth-order valence-corrected chi connectivity index (χ4v) is 3.86. The Kier molecular flexibility index (Phi) is 2.87. The Hall–Kier alpha value is -1.40. The summed E-state index contributed by atoms with van der Waals surface area (Å²) in [5.41, 5.74) is 1.10. The van der Waals surface area contributed by atoms with Gasteiger partial charge in [0.1, 0.15) is 0 Å². The van der Waals surface area contributed by atoms with E-state index < -0.39 is 12.5 Å². The molecule has 0 bridgehead atoms. The van der Waals surface area contributed by atoms with Crippen molar-refractivity contribution in [2.45, 2.75) is 0 Å². The molecule has 4 nitrogen and oxygen atoms in total. The van der Waals surface area contributed by atoms with E-state index in [0.717, 1.165) is 15.2 Å². The number of carboxylic acid groups (broad SMARTS) is 1. The van der Waals surface area contributed by atoms with E-state index in [-0.39, 0.29) is 5.91 Å². The minimum Gasteiger partial charge on any atom is -0.548 e. The van der Waals surface area contributed by atoms with Crippen molar-refractivity contribution in [2.75, 3.05) is 11.4 Å². The quantitative estimate of drug-likeness (QED) is 0.797. The summed E-state index contributed by atoms with van der Waals surface area (Å²) in [5.74, 6) is -1.60. The van der Waals surface area contributed by atoms with Gasteiger partial charge in [-0.3, -0.25) is 4.79 Å². The third kappa shape index (κ3) is 1.78. The van der Waals surface area contributed by atoms with Crippen molar-refractivity contribution in [2.24, 2.45) is 0 Å². The van der Waals surface area contributed by atoms with Gasteiger partial charge in [0.25, 0.3) is 5.91 Å². The molecule has 2 aromatic rings. The zero-order valence-corrected chi connectivity index (χ0v) is 12.6. The fourth-order valence-electron chi connectivity index (χ4n) is 2.35. The number of halogens is 2. The molecule has 0 N–H and O–H groups in total. The maximum Gasteiger partial charge on any atom is 0.259 e. The Balaban J connectivity index is 2.37. The number of amides is 1. The predicted octanol–water partition coefficient (Wildman–Crippen LogP) is 2.07. The number of aliphatic carboxylic acids is 1. The molecule has 1 aliphatic heterocycles. The lowest BCUT2D eigenvalue weighted by atomic mass is 10.1. The Morgan fingerprint density at radius 3 is 2.68 bits per heavy atom. The maximum absolute atomic E-state index is 12.3. The van der Waals surface area contributed by atoms with Crippen LogP contribution < -0.4 is 10.0 Å². The smallest absolute Gasteiger partial charge is 0.259 e. The molecule has 0 saturated heterocycles. The molecule has 0 atom stereocenters. The molecule has 1 amide bonds. The third-order valence-corrected chi connectivity index (χ3v) is 4.33. The molecule has 96 valence electrons. The van der Waals surface area contributed by atoms with Gasteiger partial charge in [-0.2, -0.15) is 0 Å². The second-order valence-electron chi connectivity index (χ2n) is 4.18. The summed E-state index contributed by atoms with van der Waals surface area (Å²) in [4.78, 5) is 24.3. The van der Waals surface area contributed by atoms with Gasteiger partial charge in [-0.25, -0.2) is 0 Å². The number of hydrogen-bond donors (Lipinski definition) is 0. The third-order valence-electron chi connectivity index (χ3n) is 3.07. The van der Waals surface area contributed by atoms with Crippen molar-refractivity contribution in [1.29, 1.82) is 0 Å². The average molecular weight is 384 g/mol. The first-order valence-electron chi connectivity index (χ1n) is 5.43. The van der Waals surface area contributed by atoms with Crippen LogP contribution in [0, 0.1) is 0 Å². The summed E-state index contributed by atoms with van der Waals surface area (Å²) in [5, 5.41) is 12.5. The van der Waals surface area contributed by atoms with Gasteiger partial charge in [0, 0.05) is 19.9 Å². The first-order chi connectivity index (χ1) is 9.00. The molecule has 1 heterocycles. The van der Waals surface area contributed by atoms with Crippen LogP contribution in [0.25, 0.3) is 10.8 Å². The van der Waals surface area contributed by atoms with Crippen LogP contribution in [0.1, 0.15) is 10.4 Å². The number of carbonyl (C=O) groups is 2. The summed E-state index contributed by atoms with van der Waals surface area (Å²) in [6.07, 6.45) is 0. The van der Waals surface area contributed by atoms with Crippen LogP contribution >= 0.6 is 31.9 Å². The molecule has 3 rings (SSSR count). The summed E-state index contributed by atoms with van der Waals surface area (Å²) in [6.45, 7) is -0.456. The molecule has 0 saturated carbocycles. The number of carboxylic acids is 1. The van der Waals surface area contributed by atoms with Crippen molar-refractivity contribution < 1.29 is 14.7 Å². The van der Waals surface area contributed by atoms with E-state index in [0.29, 0.717) is 15.7 Å². The van der Waals surface area contributed by atoms with Gasteiger partial charge in [-0.05, 0) is 33.4 Å². The second kappa shape index (κ2) is 4.31. The standard InChI is InChI=1S/C13H7Br2NO3/c14-8-4-9(15)12-11-6(8)2-1-3-7(11)13(19)16(12)5-10(17)18/h1-4H,5H2,(H,17,18)/p-1. The Labute approximate surface area is 125 Å². The van der Waals surface area contributed by atoms with E-state index in [1.807, 2.05) is 12.1 Å². The average Bonchev–Trinajstić information content (AvgIpc) is 2.61. The fraction of sp³-hybridized carbons (Fsp3) is 0.0769. The Morgan fingerprint density at radius 2 is 2.00 bits per heavy atom.